The number of unbranched alkanes of at least 4 members (excludes halogenated alkanes) is 1. The van der Waals surface area contributed by atoms with Gasteiger partial charge in [-0.3, -0.25) is 0 Å². The highest BCUT2D eigenvalue weighted by atomic mass is 35.5. The van der Waals surface area contributed by atoms with Gasteiger partial charge in [0, 0.05) is 29.5 Å². The SMILES string of the molecule is OCCCCN1c2ccccc2CCc2ccc(Cl)cc21. The Morgan fingerprint density at radius 2 is 1.71 bits per heavy atom. The lowest BCUT2D eigenvalue weighted by molar-refractivity contribution is 0.285. The smallest absolute Gasteiger partial charge is 0.0458 e. The van der Waals surface area contributed by atoms with Gasteiger partial charge in [0.2, 0.25) is 0 Å². The predicted octanol–water partition coefficient (Wildman–Crippen LogP) is 4.35. The van der Waals surface area contributed by atoms with Crippen LogP contribution in [0.25, 0.3) is 0 Å². The van der Waals surface area contributed by atoms with Crippen LogP contribution in [0.4, 0.5) is 11.4 Å². The average Bonchev–Trinajstić information content (AvgIpc) is 2.65. The number of aryl methyl sites for hydroxylation is 2. The molecule has 0 unspecified atom stereocenters. The third-order valence-electron chi connectivity index (χ3n) is 4.07. The fourth-order valence-corrected chi connectivity index (χ4v) is 3.17. The van der Waals surface area contributed by atoms with Crippen molar-refractivity contribution in [2.45, 2.75) is 25.7 Å². The van der Waals surface area contributed by atoms with Crippen LogP contribution in [-0.2, 0) is 12.8 Å². The van der Waals surface area contributed by atoms with Crippen LogP contribution >= 0.6 is 11.6 Å². The second-order valence-electron chi connectivity index (χ2n) is 5.48. The van der Waals surface area contributed by atoms with Crippen LogP contribution in [0.2, 0.25) is 5.02 Å². The molecule has 0 amide bonds. The molecule has 0 spiro atoms. The molecule has 1 aliphatic rings. The van der Waals surface area contributed by atoms with Gasteiger partial charge in [0.25, 0.3) is 0 Å². The molecule has 110 valence electrons. The van der Waals surface area contributed by atoms with Crippen molar-refractivity contribution in [3.8, 4) is 0 Å². The first kappa shape index (κ1) is 14.4. The van der Waals surface area contributed by atoms with Crippen molar-refractivity contribution >= 4 is 23.0 Å². The van der Waals surface area contributed by atoms with Crippen LogP contribution in [0.15, 0.2) is 42.5 Å². The highest BCUT2D eigenvalue weighted by Crippen LogP contribution is 2.37. The number of hydrogen-bond acceptors (Lipinski definition) is 2. The quantitative estimate of drug-likeness (QED) is 0.849. The number of rotatable bonds is 4. The highest BCUT2D eigenvalue weighted by molar-refractivity contribution is 6.30. The van der Waals surface area contributed by atoms with Gasteiger partial charge in [-0.05, 0) is 55.0 Å². The van der Waals surface area contributed by atoms with E-state index in [0.29, 0.717) is 0 Å². The normalized spacial score (nSPS) is 13.5. The Labute approximate surface area is 131 Å². The van der Waals surface area contributed by atoms with E-state index < -0.39 is 0 Å². The summed E-state index contributed by atoms with van der Waals surface area (Å²) in [6.07, 6.45) is 3.90. The molecule has 3 heteroatoms. The third kappa shape index (κ3) is 3.07. The van der Waals surface area contributed by atoms with E-state index in [-0.39, 0.29) is 6.61 Å². The maximum Gasteiger partial charge on any atom is 0.0458 e. The summed E-state index contributed by atoms with van der Waals surface area (Å²) >= 11 is 6.22. The minimum absolute atomic E-state index is 0.248. The molecule has 0 aliphatic carbocycles. The third-order valence-corrected chi connectivity index (χ3v) is 4.31. The highest BCUT2D eigenvalue weighted by Gasteiger charge is 2.20. The van der Waals surface area contributed by atoms with Crippen molar-refractivity contribution in [3.05, 3.63) is 58.6 Å². The fraction of sp³-hybridized carbons (Fsp3) is 0.333. The van der Waals surface area contributed by atoms with E-state index in [1.165, 1.54) is 22.5 Å². The van der Waals surface area contributed by atoms with Crippen LogP contribution < -0.4 is 4.90 Å². The van der Waals surface area contributed by atoms with Gasteiger partial charge in [-0.2, -0.15) is 0 Å². The van der Waals surface area contributed by atoms with Gasteiger partial charge < -0.3 is 10.0 Å². The Morgan fingerprint density at radius 1 is 0.952 bits per heavy atom. The number of aliphatic hydroxyl groups excluding tert-OH is 1. The number of nitrogens with zero attached hydrogens (tertiary/aromatic N) is 1. The largest absolute Gasteiger partial charge is 0.396 e. The minimum Gasteiger partial charge on any atom is -0.396 e. The van der Waals surface area contributed by atoms with Gasteiger partial charge in [0.1, 0.15) is 0 Å². The Hall–Kier alpha value is -1.51. The second-order valence-corrected chi connectivity index (χ2v) is 5.92. The Morgan fingerprint density at radius 3 is 2.52 bits per heavy atom. The molecule has 2 aromatic rings. The van der Waals surface area contributed by atoms with Crippen molar-refractivity contribution in [2.24, 2.45) is 0 Å². The number of para-hydroxylation sites is 1. The summed E-state index contributed by atoms with van der Waals surface area (Å²) in [6.45, 7) is 1.16. The van der Waals surface area contributed by atoms with Crippen molar-refractivity contribution in [3.63, 3.8) is 0 Å². The molecular formula is C18H20ClNO. The Bertz CT molecular complexity index is 626. The van der Waals surface area contributed by atoms with Gasteiger partial charge >= 0.3 is 0 Å². The topological polar surface area (TPSA) is 23.5 Å². The minimum atomic E-state index is 0.248. The molecule has 1 aliphatic heterocycles. The van der Waals surface area contributed by atoms with E-state index in [0.717, 1.165) is 37.3 Å². The zero-order chi connectivity index (χ0) is 14.7. The Balaban J connectivity index is 2.03. The zero-order valence-electron chi connectivity index (χ0n) is 12.1. The van der Waals surface area contributed by atoms with Gasteiger partial charge in [-0.15, -0.1) is 0 Å². The molecule has 0 bridgehead atoms. The number of fused-ring (bicyclic) bond motifs is 2. The number of hydrogen-bond donors (Lipinski definition) is 1. The first-order chi connectivity index (χ1) is 10.3. The van der Waals surface area contributed by atoms with Crippen molar-refractivity contribution in [2.75, 3.05) is 18.1 Å². The number of aliphatic hydroxyl groups is 1. The molecule has 0 aromatic heterocycles. The van der Waals surface area contributed by atoms with Crippen LogP contribution in [0.3, 0.4) is 0 Å². The molecule has 0 saturated heterocycles. The van der Waals surface area contributed by atoms with Crippen LogP contribution in [-0.4, -0.2) is 18.3 Å². The maximum absolute atomic E-state index is 9.05. The van der Waals surface area contributed by atoms with Gasteiger partial charge in [0.05, 0.1) is 0 Å². The van der Waals surface area contributed by atoms with Gasteiger partial charge in [-0.1, -0.05) is 35.9 Å². The van der Waals surface area contributed by atoms with Crippen LogP contribution in [0.5, 0.6) is 0 Å². The van der Waals surface area contributed by atoms with E-state index in [1.54, 1.807) is 0 Å². The van der Waals surface area contributed by atoms with E-state index >= 15 is 0 Å². The lowest BCUT2D eigenvalue weighted by Crippen LogP contribution is -2.20. The molecule has 2 aromatic carbocycles. The zero-order valence-corrected chi connectivity index (χ0v) is 12.8. The summed E-state index contributed by atoms with van der Waals surface area (Å²) in [7, 11) is 0. The molecule has 1 N–H and O–H groups in total. The summed E-state index contributed by atoms with van der Waals surface area (Å²) in [4.78, 5) is 2.36. The molecular weight excluding hydrogens is 282 g/mol. The fourth-order valence-electron chi connectivity index (χ4n) is 3.01. The molecule has 0 radical (unpaired) electrons. The summed E-state index contributed by atoms with van der Waals surface area (Å²) < 4.78 is 0. The molecule has 3 rings (SSSR count). The number of benzene rings is 2. The first-order valence-electron chi connectivity index (χ1n) is 7.54. The van der Waals surface area contributed by atoms with Gasteiger partial charge in [0.15, 0.2) is 0 Å². The molecule has 21 heavy (non-hydrogen) atoms. The van der Waals surface area contributed by atoms with Crippen LogP contribution in [0, 0.1) is 0 Å². The summed E-state index contributed by atoms with van der Waals surface area (Å²) in [6, 6.07) is 14.8. The lowest BCUT2D eigenvalue weighted by Gasteiger charge is -2.27. The summed E-state index contributed by atoms with van der Waals surface area (Å²) in [5.74, 6) is 0. The van der Waals surface area contributed by atoms with Crippen molar-refractivity contribution < 1.29 is 5.11 Å². The lowest BCUT2D eigenvalue weighted by atomic mass is 10.0. The molecule has 0 atom stereocenters. The number of anilines is 2. The molecule has 2 nitrogen and oxygen atoms in total. The van der Waals surface area contributed by atoms with E-state index in [4.69, 9.17) is 16.7 Å². The van der Waals surface area contributed by atoms with Crippen molar-refractivity contribution in [1.82, 2.24) is 0 Å². The average molecular weight is 302 g/mol. The predicted molar refractivity (Wildman–Crippen MR) is 88.6 cm³/mol. The number of halogens is 1. The standard InChI is InChI=1S/C18H20ClNO/c19-16-10-9-15-8-7-14-5-1-2-6-17(14)20(18(15)13-16)11-3-4-12-21/h1-2,5-6,9-10,13,21H,3-4,7-8,11-12H2. The van der Waals surface area contributed by atoms with Crippen molar-refractivity contribution in [1.29, 1.82) is 0 Å². The van der Waals surface area contributed by atoms with Gasteiger partial charge in [-0.25, -0.2) is 0 Å². The van der Waals surface area contributed by atoms with E-state index in [2.05, 4.69) is 41.3 Å². The maximum atomic E-state index is 9.05. The van der Waals surface area contributed by atoms with E-state index in [9.17, 15) is 0 Å². The monoisotopic (exact) mass is 301 g/mol. The summed E-state index contributed by atoms with van der Waals surface area (Å²) in [5, 5.41) is 9.82. The van der Waals surface area contributed by atoms with Crippen LogP contribution in [0.1, 0.15) is 24.0 Å². The molecule has 0 fully saturated rings. The van der Waals surface area contributed by atoms with E-state index in [1.807, 2.05) is 6.07 Å². The summed E-state index contributed by atoms with van der Waals surface area (Å²) in [5.41, 5.74) is 5.22. The molecule has 0 saturated carbocycles. The molecule has 1 heterocycles. The Kier molecular flexibility index (Phi) is 4.47. The first-order valence-corrected chi connectivity index (χ1v) is 7.92. The second kappa shape index (κ2) is 6.50.